The van der Waals surface area contributed by atoms with Gasteiger partial charge in [0.2, 0.25) is 6.79 Å². The molecular weight excluding hydrogens is 645 g/mol. The van der Waals surface area contributed by atoms with E-state index in [2.05, 4.69) is 4.90 Å². The molecule has 0 aromatic heterocycles. The number of para-hydroxylation sites is 1. The van der Waals surface area contributed by atoms with Crippen LogP contribution in [0.2, 0.25) is 0 Å². The molecule has 5 aromatic rings. The molecule has 1 aliphatic heterocycles. The number of phenolic OH excluding ortho intramolecular Hbond substituents is 1. The van der Waals surface area contributed by atoms with Crippen molar-refractivity contribution < 1.29 is 37.3 Å². The van der Waals surface area contributed by atoms with Gasteiger partial charge < -0.3 is 24.2 Å². The number of aromatic hydroxyl groups is 1. The number of phenols is 1. The van der Waals surface area contributed by atoms with E-state index in [9.17, 15) is 23.1 Å². The Morgan fingerprint density at radius 3 is 2.22 bits per heavy atom. The largest absolute Gasteiger partial charge is 0.507 e. The number of hydrogen-bond donors (Lipinski definition) is 1. The molecule has 50 heavy (non-hydrogen) atoms. The summed E-state index contributed by atoms with van der Waals surface area (Å²) in [7, 11) is 1.68. The number of carbonyl (C=O) groups is 1. The van der Waals surface area contributed by atoms with Gasteiger partial charge in [0.05, 0.1) is 12.2 Å². The van der Waals surface area contributed by atoms with Crippen LogP contribution in [0.15, 0.2) is 121 Å². The fourth-order valence-electron chi connectivity index (χ4n) is 6.06. The maximum Gasteiger partial charge on any atom is 0.419 e. The first-order valence-corrected chi connectivity index (χ1v) is 16.3. The third-order valence-corrected chi connectivity index (χ3v) is 8.68. The summed E-state index contributed by atoms with van der Waals surface area (Å²) >= 11 is 0. The van der Waals surface area contributed by atoms with Crippen LogP contribution in [-0.2, 0) is 12.7 Å². The van der Waals surface area contributed by atoms with E-state index in [0.29, 0.717) is 54.6 Å². The normalized spacial score (nSPS) is 12.4. The Morgan fingerprint density at radius 1 is 0.840 bits per heavy atom. The van der Waals surface area contributed by atoms with Crippen molar-refractivity contribution in [3.05, 3.63) is 149 Å². The van der Waals surface area contributed by atoms with E-state index < -0.39 is 17.5 Å². The molecule has 0 radical (unpaired) electrons. The molecule has 0 unspecified atom stereocenters. The van der Waals surface area contributed by atoms with E-state index in [1.807, 2.05) is 72.8 Å². The fourth-order valence-corrected chi connectivity index (χ4v) is 6.06. The van der Waals surface area contributed by atoms with Crippen molar-refractivity contribution >= 4 is 11.6 Å². The molecule has 0 fully saturated rings. The van der Waals surface area contributed by atoms with E-state index in [-0.39, 0.29) is 30.7 Å². The zero-order valence-electron chi connectivity index (χ0n) is 27.5. The van der Waals surface area contributed by atoms with E-state index in [4.69, 9.17) is 14.2 Å². The summed E-state index contributed by atoms with van der Waals surface area (Å²) in [5, 5.41) is 10.7. The molecule has 0 atom stereocenters. The van der Waals surface area contributed by atoms with Gasteiger partial charge in [-0.05, 0) is 53.9 Å². The van der Waals surface area contributed by atoms with Crippen LogP contribution < -0.4 is 19.1 Å². The molecule has 0 bridgehead atoms. The van der Waals surface area contributed by atoms with Crippen LogP contribution in [0.4, 0.5) is 18.9 Å². The van der Waals surface area contributed by atoms with Gasteiger partial charge in [0.25, 0.3) is 5.91 Å². The number of rotatable bonds is 13. The molecule has 1 heterocycles. The Hall–Kier alpha value is -5.48. The predicted molar refractivity (Wildman–Crippen MR) is 185 cm³/mol. The molecule has 10 heteroatoms. The van der Waals surface area contributed by atoms with Crippen molar-refractivity contribution in [1.82, 2.24) is 4.90 Å². The number of halogens is 3. The van der Waals surface area contributed by atoms with E-state index in [1.165, 1.54) is 17.0 Å². The van der Waals surface area contributed by atoms with E-state index >= 15 is 0 Å². The Morgan fingerprint density at radius 2 is 1.52 bits per heavy atom. The Bertz CT molecular complexity index is 1860. The number of benzene rings is 5. The van der Waals surface area contributed by atoms with Crippen LogP contribution in [0, 0.1) is 0 Å². The van der Waals surface area contributed by atoms with Crippen LogP contribution in [-0.4, -0.2) is 49.5 Å². The molecule has 0 aliphatic carbocycles. The van der Waals surface area contributed by atoms with Gasteiger partial charge >= 0.3 is 6.18 Å². The lowest BCUT2D eigenvalue weighted by atomic mass is 9.90. The maximum absolute atomic E-state index is 13.7. The molecule has 5 aromatic carbocycles. The van der Waals surface area contributed by atoms with Gasteiger partial charge in [-0.1, -0.05) is 78.9 Å². The lowest BCUT2D eigenvalue weighted by Crippen LogP contribution is -2.31. The summed E-state index contributed by atoms with van der Waals surface area (Å²) < 4.78 is 57.9. The third-order valence-electron chi connectivity index (χ3n) is 8.68. The topological polar surface area (TPSA) is 71.5 Å². The van der Waals surface area contributed by atoms with Crippen LogP contribution in [0.5, 0.6) is 23.0 Å². The van der Waals surface area contributed by atoms with Gasteiger partial charge in [0.1, 0.15) is 11.5 Å². The average molecular weight is 683 g/mol. The number of hydrogen-bond acceptors (Lipinski definition) is 6. The summed E-state index contributed by atoms with van der Waals surface area (Å²) in [5.74, 6) is 0.647. The number of alkyl halides is 3. The number of ether oxygens (including phenoxy) is 3. The molecule has 1 amide bonds. The van der Waals surface area contributed by atoms with Gasteiger partial charge in [-0.25, -0.2) is 0 Å². The summed E-state index contributed by atoms with van der Waals surface area (Å²) in [6.45, 7) is 1.51. The molecule has 6 rings (SSSR count). The molecule has 0 saturated carbocycles. The zero-order valence-corrected chi connectivity index (χ0v) is 27.5. The van der Waals surface area contributed by atoms with E-state index in [1.54, 1.807) is 37.4 Å². The van der Waals surface area contributed by atoms with E-state index in [0.717, 1.165) is 17.2 Å². The highest BCUT2D eigenvalue weighted by Gasteiger charge is 2.35. The first-order chi connectivity index (χ1) is 24.2. The van der Waals surface area contributed by atoms with Crippen molar-refractivity contribution in [3.8, 4) is 23.0 Å². The van der Waals surface area contributed by atoms with Gasteiger partial charge in [0, 0.05) is 55.5 Å². The number of anilines is 1. The first kappa shape index (κ1) is 34.4. The Labute approximate surface area is 289 Å². The summed E-state index contributed by atoms with van der Waals surface area (Å²) in [6, 6.07) is 36.0. The first-order valence-electron chi connectivity index (χ1n) is 16.3. The Kier molecular flexibility index (Phi) is 10.6. The second kappa shape index (κ2) is 15.4. The summed E-state index contributed by atoms with van der Waals surface area (Å²) in [6.07, 6.45) is -4.13. The molecular formula is C40H37F3N2O5. The van der Waals surface area contributed by atoms with Gasteiger partial charge in [0.15, 0.2) is 11.5 Å². The maximum atomic E-state index is 13.7. The minimum Gasteiger partial charge on any atom is -0.507 e. The predicted octanol–water partition coefficient (Wildman–Crippen LogP) is 8.52. The number of fused-ring (bicyclic) bond motifs is 1. The third kappa shape index (κ3) is 8.20. The highest BCUT2D eigenvalue weighted by Crippen LogP contribution is 2.38. The van der Waals surface area contributed by atoms with Crippen LogP contribution in [0.3, 0.4) is 0 Å². The summed E-state index contributed by atoms with van der Waals surface area (Å²) in [5.41, 5.74) is 2.39. The molecule has 0 spiro atoms. The SMILES string of the molecule is CN(C(=O)c1ccc2c(c1)OCO2)c1cccc(OCCCN(Cc2cccc(C(F)(F)F)c2O)CC(c2ccccc2)c2ccccc2)c1. The fraction of sp³-hybridized carbons (Fsp3) is 0.225. The molecule has 1 aliphatic rings. The monoisotopic (exact) mass is 682 g/mol. The van der Waals surface area contributed by atoms with Crippen LogP contribution in [0.25, 0.3) is 0 Å². The highest BCUT2D eigenvalue weighted by molar-refractivity contribution is 6.06. The lowest BCUT2D eigenvalue weighted by Gasteiger charge is -2.29. The van der Waals surface area contributed by atoms with Crippen molar-refractivity contribution in [3.63, 3.8) is 0 Å². The van der Waals surface area contributed by atoms with Crippen molar-refractivity contribution in [1.29, 1.82) is 0 Å². The second-order valence-corrected chi connectivity index (χ2v) is 12.1. The molecule has 1 N–H and O–H groups in total. The number of nitrogens with zero attached hydrogens (tertiary/aromatic N) is 2. The van der Waals surface area contributed by atoms with Gasteiger partial charge in [-0.3, -0.25) is 9.69 Å². The Balaban J connectivity index is 1.16. The molecule has 258 valence electrons. The average Bonchev–Trinajstić information content (AvgIpc) is 3.61. The minimum atomic E-state index is -4.67. The highest BCUT2D eigenvalue weighted by atomic mass is 19.4. The van der Waals surface area contributed by atoms with Crippen molar-refractivity contribution in [2.45, 2.75) is 25.1 Å². The number of carbonyl (C=O) groups excluding carboxylic acids is 1. The van der Waals surface area contributed by atoms with Crippen molar-refractivity contribution in [2.24, 2.45) is 0 Å². The minimum absolute atomic E-state index is 0.0687. The quantitative estimate of drug-likeness (QED) is 0.126. The molecule has 0 saturated heterocycles. The second-order valence-electron chi connectivity index (χ2n) is 12.1. The zero-order chi connectivity index (χ0) is 35.1. The smallest absolute Gasteiger partial charge is 0.419 e. The van der Waals surface area contributed by atoms with Crippen LogP contribution in [0.1, 0.15) is 45.0 Å². The standard InChI is InChI=1S/C40H37F3N2O5/c1-44(39(47)30-19-20-36-37(23-30)50-27-49-36)32-16-9-17-33(24-32)48-22-10-21-45(25-31-15-8-18-35(38(31)46)40(41,42)43)26-34(28-11-4-2-5-12-28)29-13-6-3-7-14-29/h2-9,11-20,23-24,34,46H,10,21-22,25-27H2,1H3. The van der Waals surface area contributed by atoms with Crippen molar-refractivity contribution in [2.75, 3.05) is 38.4 Å². The van der Waals surface area contributed by atoms with Gasteiger partial charge in [-0.2, -0.15) is 13.2 Å². The van der Waals surface area contributed by atoms with Gasteiger partial charge in [-0.15, -0.1) is 0 Å². The van der Waals surface area contributed by atoms with Crippen LogP contribution >= 0.6 is 0 Å². The number of amides is 1. The lowest BCUT2D eigenvalue weighted by molar-refractivity contribution is -0.138. The summed E-state index contributed by atoms with van der Waals surface area (Å²) in [4.78, 5) is 16.8. The molecule has 7 nitrogen and oxygen atoms in total.